The average Bonchev–Trinajstić information content (AvgIpc) is 2.77. The average molecular weight is 310 g/mol. The van der Waals surface area contributed by atoms with Crippen LogP contribution < -0.4 is 10.5 Å². The number of aromatic nitrogens is 1. The smallest absolute Gasteiger partial charge is 0.419 e. The molecule has 3 nitrogen and oxygen atoms in total. The molecule has 1 heterocycles. The number of fused-ring (bicyclic) bond motifs is 1. The Morgan fingerprint density at radius 1 is 1.10 bits per heavy atom. The number of nitrogen functional groups attached to an aromatic ring is 1. The summed E-state index contributed by atoms with van der Waals surface area (Å²) < 4.78 is 44.8. The van der Waals surface area contributed by atoms with Crippen LogP contribution >= 0.6 is 11.3 Å². The molecule has 7 heteroatoms. The first-order valence-electron chi connectivity index (χ1n) is 5.93. The monoisotopic (exact) mass is 310 g/mol. The van der Waals surface area contributed by atoms with Gasteiger partial charge in [-0.3, -0.25) is 0 Å². The molecule has 0 amide bonds. The van der Waals surface area contributed by atoms with Gasteiger partial charge >= 0.3 is 6.18 Å². The molecule has 2 N–H and O–H groups in total. The van der Waals surface area contributed by atoms with Crippen LogP contribution in [0.4, 0.5) is 18.3 Å². The maximum Gasteiger partial charge on any atom is 0.419 e. The van der Waals surface area contributed by atoms with Crippen LogP contribution in [0.15, 0.2) is 42.5 Å². The molecule has 0 fully saturated rings. The van der Waals surface area contributed by atoms with Crippen molar-refractivity contribution < 1.29 is 17.9 Å². The zero-order chi connectivity index (χ0) is 15.0. The fourth-order valence-corrected chi connectivity index (χ4v) is 2.67. The molecule has 0 radical (unpaired) electrons. The quantitative estimate of drug-likeness (QED) is 0.747. The molecule has 0 bridgehead atoms. The first-order chi connectivity index (χ1) is 9.93. The van der Waals surface area contributed by atoms with E-state index in [2.05, 4.69) is 4.98 Å². The van der Waals surface area contributed by atoms with Crippen molar-refractivity contribution in [3.63, 3.8) is 0 Å². The number of thiazole rings is 1. The van der Waals surface area contributed by atoms with Crippen molar-refractivity contribution in [1.29, 1.82) is 0 Å². The molecule has 0 unspecified atom stereocenters. The summed E-state index contributed by atoms with van der Waals surface area (Å²) >= 11 is 1.25. The van der Waals surface area contributed by atoms with E-state index in [0.717, 1.165) is 10.8 Å². The zero-order valence-electron chi connectivity index (χ0n) is 10.5. The fourth-order valence-electron chi connectivity index (χ4n) is 1.90. The molecule has 0 aliphatic heterocycles. The summed E-state index contributed by atoms with van der Waals surface area (Å²) in [6.07, 6.45) is -4.46. The maximum atomic E-state index is 12.9. The molecule has 108 valence electrons. The third-order valence-electron chi connectivity index (χ3n) is 2.80. The summed E-state index contributed by atoms with van der Waals surface area (Å²) in [5.74, 6) is 0.0738. The molecule has 3 aromatic rings. The van der Waals surface area contributed by atoms with Gasteiger partial charge in [-0.15, -0.1) is 0 Å². The Balaban J connectivity index is 1.98. The maximum absolute atomic E-state index is 12.9. The van der Waals surface area contributed by atoms with E-state index in [1.54, 1.807) is 18.2 Å². The topological polar surface area (TPSA) is 48.1 Å². The van der Waals surface area contributed by atoms with Crippen molar-refractivity contribution in [2.45, 2.75) is 6.18 Å². The molecular weight excluding hydrogens is 301 g/mol. The second kappa shape index (κ2) is 4.92. The normalized spacial score (nSPS) is 11.8. The number of nitrogens with zero attached hydrogens (tertiary/aromatic N) is 1. The van der Waals surface area contributed by atoms with Gasteiger partial charge in [-0.2, -0.15) is 13.2 Å². The second-order valence-corrected chi connectivity index (χ2v) is 5.34. The van der Waals surface area contributed by atoms with Crippen LogP contribution in [0.1, 0.15) is 5.56 Å². The van der Waals surface area contributed by atoms with Gasteiger partial charge in [0.1, 0.15) is 11.5 Å². The predicted octanol–water partition coefficient (Wildman–Crippen LogP) is 4.69. The van der Waals surface area contributed by atoms with Crippen molar-refractivity contribution in [3.8, 4) is 11.5 Å². The number of nitrogens with two attached hydrogens (primary N) is 1. The minimum atomic E-state index is -4.46. The van der Waals surface area contributed by atoms with Crippen LogP contribution in [0.5, 0.6) is 11.5 Å². The lowest BCUT2D eigenvalue weighted by Crippen LogP contribution is -2.06. The van der Waals surface area contributed by atoms with E-state index in [-0.39, 0.29) is 5.75 Å². The number of benzene rings is 2. The lowest BCUT2D eigenvalue weighted by atomic mass is 10.2. The van der Waals surface area contributed by atoms with E-state index in [1.165, 1.54) is 29.5 Å². The zero-order valence-corrected chi connectivity index (χ0v) is 11.3. The molecule has 0 spiro atoms. The summed E-state index contributed by atoms with van der Waals surface area (Å²) in [6, 6.07) is 9.93. The van der Waals surface area contributed by atoms with Crippen molar-refractivity contribution in [2.24, 2.45) is 0 Å². The van der Waals surface area contributed by atoms with E-state index >= 15 is 0 Å². The Kier molecular flexibility index (Phi) is 3.21. The summed E-state index contributed by atoms with van der Waals surface area (Å²) in [6.45, 7) is 0. The minimum absolute atomic E-state index is 0.234. The van der Waals surface area contributed by atoms with Crippen LogP contribution in [0.25, 0.3) is 10.2 Å². The standard InChI is InChI=1S/C14H9F3N2OS/c15-14(16,17)9-3-1-2-4-11(9)20-8-5-6-10-12(7-8)21-13(18)19-10/h1-7H,(H2,18,19). The second-order valence-electron chi connectivity index (χ2n) is 4.28. The number of alkyl halides is 3. The van der Waals surface area contributed by atoms with E-state index in [9.17, 15) is 13.2 Å². The molecular formula is C14H9F3N2OS. The number of para-hydroxylation sites is 1. The van der Waals surface area contributed by atoms with Crippen molar-refractivity contribution >= 4 is 26.7 Å². The third kappa shape index (κ3) is 2.78. The first kappa shape index (κ1) is 13.7. The lowest BCUT2D eigenvalue weighted by Gasteiger charge is -2.13. The van der Waals surface area contributed by atoms with Crippen LogP contribution in [-0.2, 0) is 6.18 Å². The van der Waals surface area contributed by atoms with Crippen molar-refractivity contribution in [1.82, 2.24) is 4.98 Å². The molecule has 0 saturated carbocycles. The number of ether oxygens (including phenoxy) is 1. The first-order valence-corrected chi connectivity index (χ1v) is 6.75. The number of rotatable bonds is 2. The van der Waals surface area contributed by atoms with E-state index < -0.39 is 11.7 Å². The van der Waals surface area contributed by atoms with Gasteiger partial charge in [0.25, 0.3) is 0 Å². The van der Waals surface area contributed by atoms with Crippen LogP contribution in [0.3, 0.4) is 0 Å². The highest BCUT2D eigenvalue weighted by Crippen LogP contribution is 2.38. The predicted molar refractivity (Wildman–Crippen MR) is 75.6 cm³/mol. The highest BCUT2D eigenvalue weighted by molar-refractivity contribution is 7.22. The number of hydrogen-bond acceptors (Lipinski definition) is 4. The highest BCUT2D eigenvalue weighted by atomic mass is 32.1. The summed E-state index contributed by atoms with van der Waals surface area (Å²) in [4.78, 5) is 4.08. The van der Waals surface area contributed by atoms with Gasteiger partial charge < -0.3 is 10.5 Å². The van der Waals surface area contributed by atoms with Crippen LogP contribution in [0.2, 0.25) is 0 Å². The highest BCUT2D eigenvalue weighted by Gasteiger charge is 2.34. The third-order valence-corrected chi connectivity index (χ3v) is 3.64. The summed E-state index contributed by atoms with van der Waals surface area (Å²) in [5.41, 5.74) is 5.47. The summed E-state index contributed by atoms with van der Waals surface area (Å²) in [5, 5.41) is 0.401. The molecule has 0 aliphatic rings. The van der Waals surface area contributed by atoms with Gasteiger partial charge in [-0.25, -0.2) is 4.98 Å². The Morgan fingerprint density at radius 2 is 1.86 bits per heavy atom. The van der Waals surface area contributed by atoms with Gasteiger partial charge in [0.15, 0.2) is 5.13 Å². The molecule has 0 atom stereocenters. The molecule has 3 rings (SSSR count). The summed E-state index contributed by atoms with van der Waals surface area (Å²) in [7, 11) is 0. The van der Waals surface area contributed by atoms with Gasteiger partial charge in [0.05, 0.1) is 15.8 Å². The SMILES string of the molecule is Nc1nc2ccc(Oc3ccccc3C(F)(F)F)cc2s1. The van der Waals surface area contributed by atoms with Crippen molar-refractivity contribution in [2.75, 3.05) is 5.73 Å². The van der Waals surface area contributed by atoms with Crippen LogP contribution in [-0.4, -0.2) is 4.98 Å². The molecule has 21 heavy (non-hydrogen) atoms. The van der Waals surface area contributed by atoms with E-state index in [1.807, 2.05) is 0 Å². The number of anilines is 1. The Hall–Kier alpha value is -2.28. The van der Waals surface area contributed by atoms with Gasteiger partial charge in [-0.05, 0) is 24.3 Å². The Bertz CT molecular complexity index is 798. The Labute approximate surface area is 121 Å². The lowest BCUT2D eigenvalue weighted by molar-refractivity contribution is -0.138. The molecule has 2 aromatic carbocycles. The van der Waals surface area contributed by atoms with Crippen molar-refractivity contribution in [3.05, 3.63) is 48.0 Å². The largest absolute Gasteiger partial charge is 0.457 e. The molecule has 0 saturated heterocycles. The van der Waals surface area contributed by atoms with E-state index in [0.29, 0.717) is 16.4 Å². The molecule has 1 aromatic heterocycles. The number of hydrogen-bond donors (Lipinski definition) is 1. The fraction of sp³-hybridized carbons (Fsp3) is 0.0714. The van der Waals surface area contributed by atoms with Crippen LogP contribution in [0, 0.1) is 0 Å². The minimum Gasteiger partial charge on any atom is -0.457 e. The van der Waals surface area contributed by atoms with Gasteiger partial charge in [0.2, 0.25) is 0 Å². The number of halogens is 3. The molecule has 0 aliphatic carbocycles. The van der Waals surface area contributed by atoms with Gasteiger partial charge in [-0.1, -0.05) is 23.5 Å². The van der Waals surface area contributed by atoms with E-state index in [4.69, 9.17) is 10.5 Å². The Morgan fingerprint density at radius 3 is 2.62 bits per heavy atom. The van der Waals surface area contributed by atoms with Gasteiger partial charge in [0, 0.05) is 6.07 Å².